The molecule has 0 unspecified atom stereocenters. The molecular formula is C14H20O9. The van der Waals surface area contributed by atoms with Crippen LogP contribution in [0.2, 0.25) is 0 Å². The summed E-state index contributed by atoms with van der Waals surface area (Å²) in [4.78, 5) is 42.8. The third kappa shape index (κ3) is 13.1. The van der Waals surface area contributed by atoms with Gasteiger partial charge in [0.05, 0.1) is 32.8 Å². The molecule has 0 radical (unpaired) electrons. The summed E-state index contributed by atoms with van der Waals surface area (Å²) in [6.07, 6.45) is 0.388. The van der Waals surface area contributed by atoms with E-state index in [1.54, 1.807) is 0 Å². The van der Waals surface area contributed by atoms with E-state index in [0.29, 0.717) is 0 Å². The molecule has 0 bridgehead atoms. The maximum Gasteiger partial charge on any atom is 0.372 e. The van der Waals surface area contributed by atoms with E-state index in [1.807, 2.05) is 0 Å². The van der Waals surface area contributed by atoms with Crippen molar-refractivity contribution in [2.45, 2.75) is 12.8 Å². The first-order valence-electron chi connectivity index (χ1n) is 6.83. The Kier molecular flexibility index (Phi) is 12.1. The average molecular weight is 332 g/mol. The van der Waals surface area contributed by atoms with E-state index < -0.39 is 23.7 Å². The molecule has 130 valence electrons. The zero-order valence-electron chi connectivity index (χ0n) is 12.7. The van der Waals surface area contributed by atoms with Gasteiger partial charge in [0.2, 0.25) is 5.78 Å². The van der Waals surface area contributed by atoms with Crippen LogP contribution in [-0.4, -0.2) is 68.4 Å². The van der Waals surface area contributed by atoms with Crippen LogP contribution >= 0.6 is 0 Å². The second-order valence-corrected chi connectivity index (χ2v) is 4.05. The standard InChI is InChI=1S/C14H20O9/c1-2-12(16)22-9-7-20-5-6-21-8-10-23-13(17)4-3-11(15)14(18)19/h2H,1,3-10H2,(H,18,19). The van der Waals surface area contributed by atoms with Crippen LogP contribution in [0.3, 0.4) is 0 Å². The zero-order chi connectivity index (χ0) is 17.5. The maximum atomic E-state index is 11.2. The highest BCUT2D eigenvalue weighted by Crippen LogP contribution is 1.95. The smallest absolute Gasteiger partial charge is 0.372 e. The maximum absolute atomic E-state index is 11.2. The van der Waals surface area contributed by atoms with E-state index >= 15 is 0 Å². The molecule has 23 heavy (non-hydrogen) atoms. The molecular weight excluding hydrogens is 312 g/mol. The summed E-state index contributed by atoms with van der Waals surface area (Å²) in [5.74, 6) is -3.78. The van der Waals surface area contributed by atoms with Gasteiger partial charge in [-0.05, 0) is 0 Å². The number of carboxylic acid groups (broad SMARTS) is 1. The van der Waals surface area contributed by atoms with Gasteiger partial charge in [-0.3, -0.25) is 9.59 Å². The summed E-state index contributed by atoms with van der Waals surface area (Å²) in [6.45, 7) is 4.29. The van der Waals surface area contributed by atoms with Gasteiger partial charge in [-0.2, -0.15) is 0 Å². The molecule has 0 aromatic carbocycles. The zero-order valence-corrected chi connectivity index (χ0v) is 12.7. The Morgan fingerprint density at radius 2 is 1.35 bits per heavy atom. The van der Waals surface area contributed by atoms with Crippen molar-refractivity contribution in [1.82, 2.24) is 0 Å². The molecule has 0 aromatic rings. The molecule has 0 rings (SSSR count). The number of hydrogen-bond acceptors (Lipinski definition) is 8. The molecule has 9 nitrogen and oxygen atoms in total. The van der Waals surface area contributed by atoms with Gasteiger partial charge >= 0.3 is 17.9 Å². The number of carboxylic acids is 1. The topological polar surface area (TPSA) is 125 Å². The lowest BCUT2D eigenvalue weighted by molar-refractivity contribution is -0.151. The molecule has 0 aliphatic carbocycles. The highest BCUT2D eigenvalue weighted by molar-refractivity contribution is 6.32. The van der Waals surface area contributed by atoms with Crippen molar-refractivity contribution in [1.29, 1.82) is 0 Å². The van der Waals surface area contributed by atoms with Gasteiger partial charge in [-0.25, -0.2) is 9.59 Å². The Morgan fingerprint density at radius 3 is 1.87 bits per heavy atom. The molecule has 9 heteroatoms. The summed E-state index contributed by atoms with van der Waals surface area (Å²) in [6, 6.07) is 0. The van der Waals surface area contributed by atoms with Crippen molar-refractivity contribution >= 4 is 23.7 Å². The van der Waals surface area contributed by atoms with Gasteiger partial charge in [0, 0.05) is 12.5 Å². The van der Waals surface area contributed by atoms with Gasteiger partial charge in [-0.1, -0.05) is 6.58 Å². The summed E-state index contributed by atoms with van der Waals surface area (Å²) in [5, 5.41) is 8.32. The highest BCUT2D eigenvalue weighted by atomic mass is 16.6. The van der Waals surface area contributed by atoms with Gasteiger partial charge in [0.25, 0.3) is 0 Å². The summed E-state index contributed by atoms with van der Waals surface area (Å²) in [5.41, 5.74) is 0. The van der Waals surface area contributed by atoms with Gasteiger partial charge in [0.1, 0.15) is 13.2 Å². The molecule has 0 fully saturated rings. The quantitative estimate of drug-likeness (QED) is 0.198. The molecule has 0 aliphatic heterocycles. The van der Waals surface area contributed by atoms with E-state index in [1.165, 1.54) is 0 Å². The summed E-state index contributed by atoms with van der Waals surface area (Å²) < 4.78 is 19.6. The molecule has 0 atom stereocenters. The Labute approximate surface area is 133 Å². The molecule has 0 saturated heterocycles. The van der Waals surface area contributed by atoms with E-state index in [4.69, 9.17) is 19.3 Å². The SMILES string of the molecule is C=CC(=O)OCCOCCOCCOC(=O)CCC(=O)C(=O)O. The fourth-order valence-corrected chi connectivity index (χ4v) is 1.19. The van der Waals surface area contributed by atoms with Crippen molar-refractivity contribution in [3.8, 4) is 0 Å². The fraction of sp³-hybridized carbons (Fsp3) is 0.571. The number of carbonyl (C=O) groups excluding carboxylic acids is 3. The lowest BCUT2D eigenvalue weighted by atomic mass is 10.2. The van der Waals surface area contributed by atoms with Gasteiger partial charge in [-0.15, -0.1) is 0 Å². The number of esters is 2. The third-order valence-corrected chi connectivity index (χ3v) is 2.30. The largest absolute Gasteiger partial charge is 0.476 e. The first kappa shape index (κ1) is 20.7. The van der Waals surface area contributed by atoms with Crippen LogP contribution in [0.1, 0.15) is 12.8 Å². The van der Waals surface area contributed by atoms with Gasteiger partial charge < -0.3 is 24.1 Å². The number of aliphatic carboxylic acids is 1. The third-order valence-electron chi connectivity index (χ3n) is 2.30. The molecule has 0 amide bonds. The Bertz CT molecular complexity index is 416. The van der Waals surface area contributed by atoms with Crippen molar-refractivity contribution < 1.29 is 43.2 Å². The molecule has 1 N–H and O–H groups in total. The first-order chi connectivity index (χ1) is 11.0. The second-order valence-electron chi connectivity index (χ2n) is 4.05. The molecule has 0 aromatic heterocycles. The van der Waals surface area contributed by atoms with E-state index in [2.05, 4.69) is 11.3 Å². The fourth-order valence-electron chi connectivity index (χ4n) is 1.19. The van der Waals surface area contributed by atoms with Crippen LogP contribution in [-0.2, 0) is 38.1 Å². The summed E-state index contributed by atoms with van der Waals surface area (Å²) >= 11 is 0. The van der Waals surface area contributed by atoms with E-state index in [0.717, 1.165) is 6.08 Å². The molecule has 0 aliphatic rings. The van der Waals surface area contributed by atoms with Crippen LogP contribution in [0.4, 0.5) is 0 Å². The minimum Gasteiger partial charge on any atom is -0.476 e. The lowest BCUT2D eigenvalue weighted by Crippen LogP contribution is -2.17. The number of ether oxygens (including phenoxy) is 4. The normalized spacial score (nSPS) is 9.91. The highest BCUT2D eigenvalue weighted by Gasteiger charge is 2.13. The van der Waals surface area contributed by atoms with Crippen molar-refractivity contribution in [2.75, 3.05) is 39.6 Å². The number of ketones is 1. The number of Topliss-reactive ketones (excluding diaryl/α,β-unsaturated/α-hetero) is 1. The van der Waals surface area contributed by atoms with Crippen molar-refractivity contribution in [2.24, 2.45) is 0 Å². The minimum absolute atomic E-state index is 0.00293. The minimum atomic E-state index is -1.57. The van der Waals surface area contributed by atoms with E-state index in [-0.39, 0.29) is 52.5 Å². The number of carbonyl (C=O) groups is 4. The average Bonchev–Trinajstić information content (AvgIpc) is 2.53. The summed E-state index contributed by atoms with van der Waals surface area (Å²) in [7, 11) is 0. The predicted molar refractivity (Wildman–Crippen MR) is 75.6 cm³/mol. The van der Waals surface area contributed by atoms with Crippen LogP contribution in [0.5, 0.6) is 0 Å². The van der Waals surface area contributed by atoms with Gasteiger partial charge in [0.15, 0.2) is 0 Å². The van der Waals surface area contributed by atoms with Crippen LogP contribution in [0.25, 0.3) is 0 Å². The predicted octanol–water partition coefficient (Wildman–Crippen LogP) is -0.274. The van der Waals surface area contributed by atoms with Crippen LogP contribution in [0, 0.1) is 0 Å². The van der Waals surface area contributed by atoms with Crippen LogP contribution in [0.15, 0.2) is 12.7 Å². The molecule has 0 heterocycles. The first-order valence-corrected chi connectivity index (χ1v) is 6.83. The van der Waals surface area contributed by atoms with Crippen molar-refractivity contribution in [3.63, 3.8) is 0 Å². The number of rotatable bonds is 14. The number of hydrogen-bond donors (Lipinski definition) is 1. The Balaban J connectivity index is 3.34. The molecule has 0 spiro atoms. The van der Waals surface area contributed by atoms with E-state index in [9.17, 15) is 19.2 Å². The lowest BCUT2D eigenvalue weighted by Gasteiger charge is -2.07. The Hall–Kier alpha value is -2.26. The second kappa shape index (κ2) is 13.4. The van der Waals surface area contributed by atoms with Crippen LogP contribution < -0.4 is 0 Å². The molecule has 0 saturated carbocycles. The Morgan fingerprint density at radius 1 is 0.826 bits per heavy atom. The monoisotopic (exact) mass is 332 g/mol. The van der Waals surface area contributed by atoms with Crippen molar-refractivity contribution in [3.05, 3.63) is 12.7 Å².